The highest BCUT2D eigenvalue weighted by Crippen LogP contribution is 2.18. The maximum atomic E-state index is 12.0. The molecule has 0 aliphatic rings. The molecule has 0 fully saturated rings. The second-order valence-electron chi connectivity index (χ2n) is 4.82. The minimum atomic E-state index is -0.0459. The lowest BCUT2D eigenvalue weighted by atomic mass is 10.1. The first kappa shape index (κ1) is 14.9. The molecule has 2 aromatic rings. The molecule has 0 unspecified atom stereocenters. The smallest absolute Gasteiger partial charge is 0.187 e. The van der Waals surface area contributed by atoms with E-state index in [9.17, 15) is 4.79 Å². The van der Waals surface area contributed by atoms with Gasteiger partial charge in [0, 0.05) is 23.5 Å². The summed E-state index contributed by atoms with van der Waals surface area (Å²) in [6, 6.07) is 13.1. The van der Waals surface area contributed by atoms with Crippen LogP contribution in [-0.2, 0) is 0 Å². The molecular weight excluding hydrogens is 262 g/mol. The summed E-state index contributed by atoms with van der Waals surface area (Å²) in [6.07, 6.45) is 3.21. The van der Waals surface area contributed by atoms with Gasteiger partial charge in [0.05, 0.1) is 7.11 Å². The summed E-state index contributed by atoms with van der Waals surface area (Å²) in [7, 11) is 1.60. The monoisotopic (exact) mass is 281 g/mol. The van der Waals surface area contributed by atoms with E-state index in [1.807, 2.05) is 12.1 Å². The van der Waals surface area contributed by atoms with Crippen LogP contribution in [0.1, 0.15) is 21.5 Å². The van der Waals surface area contributed by atoms with Gasteiger partial charge in [-0.3, -0.25) is 4.79 Å². The fourth-order valence-corrected chi connectivity index (χ4v) is 1.97. The molecule has 2 rings (SSSR count). The highest BCUT2D eigenvalue weighted by Gasteiger charge is 2.02. The molecule has 0 atom stereocenters. The third kappa shape index (κ3) is 3.72. The quantitative estimate of drug-likeness (QED) is 0.662. The van der Waals surface area contributed by atoms with E-state index >= 15 is 0 Å². The number of hydrogen-bond acceptors (Lipinski definition) is 3. The average Bonchev–Trinajstić information content (AvgIpc) is 2.51. The van der Waals surface area contributed by atoms with E-state index in [0.717, 1.165) is 11.4 Å². The van der Waals surface area contributed by atoms with Gasteiger partial charge in [0.15, 0.2) is 5.78 Å². The Balaban J connectivity index is 2.03. The average molecular weight is 281 g/mol. The number of aryl methyl sites for hydroxylation is 1. The van der Waals surface area contributed by atoms with Gasteiger partial charge in [0.2, 0.25) is 0 Å². The first-order valence-electron chi connectivity index (χ1n) is 6.79. The molecule has 3 heteroatoms. The zero-order chi connectivity index (χ0) is 15.2. The Morgan fingerprint density at radius 1 is 1.10 bits per heavy atom. The van der Waals surface area contributed by atoms with Gasteiger partial charge >= 0.3 is 0 Å². The topological polar surface area (TPSA) is 38.3 Å². The van der Waals surface area contributed by atoms with Crippen molar-refractivity contribution in [1.29, 1.82) is 0 Å². The second-order valence-corrected chi connectivity index (χ2v) is 4.82. The highest BCUT2D eigenvalue weighted by atomic mass is 16.5. The fraction of sp³-hybridized carbons (Fsp3) is 0.167. The van der Waals surface area contributed by atoms with E-state index in [-0.39, 0.29) is 5.78 Å². The van der Waals surface area contributed by atoms with E-state index in [1.54, 1.807) is 37.6 Å². The van der Waals surface area contributed by atoms with Crippen LogP contribution in [0.25, 0.3) is 0 Å². The molecule has 0 heterocycles. The third-order valence-electron chi connectivity index (χ3n) is 3.45. The lowest BCUT2D eigenvalue weighted by molar-refractivity contribution is 0.104. The van der Waals surface area contributed by atoms with Crippen molar-refractivity contribution in [3.8, 4) is 5.75 Å². The molecule has 108 valence electrons. The lowest BCUT2D eigenvalue weighted by Gasteiger charge is -2.07. The zero-order valence-corrected chi connectivity index (χ0v) is 12.5. The van der Waals surface area contributed by atoms with E-state index in [1.165, 1.54) is 17.2 Å². The molecule has 0 saturated heterocycles. The Bertz CT molecular complexity index is 657. The highest BCUT2D eigenvalue weighted by molar-refractivity contribution is 6.04. The van der Waals surface area contributed by atoms with Crippen molar-refractivity contribution >= 4 is 11.5 Å². The Labute approximate surface area is 125 Å². The van der Waals surface area contributed by atoms with E-state index < -0.39 is 0 Å². The molecule has 0 aliphatic carbocycles. The largest absolute Gasteiger partial charge is 0.497 e. The van der Waals surface area contributed by atoms with Crippen LogP contribution in [0, 0.1) is 13.8 Å². The van der Waals surface area contributed by atoms with Crippen LogP contribution < -0.4 is 10.1 Å². The number of methoxy groups -OCH3 is 1. The number of hydrogen-bond donors (Lipinski definition) is 1. The number of ketones is 1. The molecular formula is C18H19NO2. The summed E-state index contributed by atoms with van der Waals surface area (Å²) < 4.78 is 5.07. The lowest BCUT2D eigenvalue weighted by Crippen LogP contribution is -1.97. The maximum absolute atomic E-state index is 12.0. The molecule has 21 heavy (non-hydrogen) atoms. The summed E-state index contributed by atoms with van der Waals surface area (Å²) in [5.74, 6) is 0.694. The van der Waals surface area contributed by atoms with Crippen LogP contribution in [0.4, 0.5) is 5.69 Å². The van der Waals surface area contributed by atoms with Crippen LogP contribution in [0.15, 0.2) is 54.7 Å². The Hall–Kier alpha value is -2.55. The summed E-state index contributed by atoms with van der Waals surface area (Å²) >= 11 is 0. The third-order valence-corrected chi connectivity index (χ3v) is 3.45. The van der Waals surface area contributed by atoms with Gasteiger partial charge in [-0.15, -0.1) is 0 Å². The molecule has 0 saturated carbocycles. The first-order valence-corrected chi connectivity index (χ1v) is 6.79. The fourth-order valence-electron chi connectivity index (χ4n) is 1.97. The Kier molecular flexibility index (Phi) is 4.77. The van der Waals surface area contributed by atoms with E-state index in [4.69, 9.17) is 4.74 Å². The number of nitrogens with one attached hydrogen (secondary N) is 1. The van der Waals surface area contributed by atoms with Crippen LogP contribution in [0.5, 0.6) is 5.75 Å². The van der Waals surface area contributed by atoms with Crippen molar-refractivity contribution in [2.45, 2.75) is 13.8 Å². The number of benzene rings is 2. The standard InChI is InChI=1S/C18H19NO2/c1-13-5-4-6-17(14(13)2)19-12-11-18(20)15-7-9-16(21-3)10-8-15/h4-12,19H,1-3H3/b12-11-. The van der Waals surface area contributed by atoms with Crippen LogP contribution in [0.3, 0.4) is 0 Å². The van der Waals surface area contributed by atoms with Gasteiger partial charge in [-0.05, 0) is 55.3 Å². The number of carbonyl (C=O) groups is 1. The SMILES string of the molecule is COc1ccc(C(=O)/C=C\Nc2cccc(C)c2C)cc1. The summed E-state index contributed by atoms with van der Waals surface area (Å²) in [4.78, 5) is 12.0. The minimum absolute atomic E-state index is 0.0459. The van der Waals surface area contributed by atoms with Crippen molar-refractivity contribution < 1.29 is 9.53 Å². The van der Waals surface area contributed by atoms with Gasteiger partial charge in [0.25, 0.3) is 0 Å². The van der Waals surface area contributed by atoms with Gasteiger partial charge in [-0.1, -0.05) is 12.1 Å². The number of allylic oxidation sites excluding steroid dienone is 1. The normalized spacial score (nSPS) is 10.6. The Morgan fingerprint density at radius 3 is 2.48 bits per heavy atom. The number of anilines is 1. The number of rotatable bonds is 5. The Morgan fingerprint density at radius 2 is 1.81 bits per heavy atom. The molecule has 0 spiro atoms. The first-order chi connectivity index (χ1) is 10.1. The van der Waals surface area contributed by atoms with Gasteiger partial charge in [0.1, 0.15) is 5.75 Å². The molecule has 1 N–H and O–H groups in total. The zero-order valence-electron chi connectivity index (χ0n) is 12.5. The van der Waals surface area contributed by atoms with Crippen LogP contribution in [0.2, 0.25) is 0 Å². The molecule has 0 aliphatic heterocycles. The maximum Gasteiger partial charge on any atom is 0.187 e. The number of ether oxygens (including phenoxy) is 1. The van der Waals surface area contributed by atoms with Crippen molar-refractivity contribution in [1.82, 2.24) is 0 Å². The predicted octanol–water partition coefficient (Wildman–Crippen LogP) is 4.12. The van der Waals surface area contributed by atoms with Crippen molar-refractivity contribution in [2.24, 2.45) is 0 Å². The minimum Gasteiger partial charge on any atom is -0.497 e. The molecule has 0 bridgehead atoms. The van der Waals surface area contributed by atoms with E-state index in [2.05, 4.69) is 25.2 Å². The van der Waals surface area contributed by atoms with Crippen molar-refractivity contribution in [3.05, 3.63) is 71.4 Å². The summed E-state index contributed by atoms with van der Waals surface area (Å²) in [6.45, 7) is 4.11. The molecule has 0 radical (unpaired) electrons. The second kappa shape index (κ2) is 6.75. The van der Waals surface area contributed by atoms with Crippen LogP contribution >= 0.6 is 0 Å². The molecule has 2 aromatic carbocycles. The van der Waals surface area contributed by atoms with Gasteiger partial charge < -0.3 is 10.1 Å². The summed E-state index contributed by atoms with van der Waals surface area (Å²) in [5, 5.41) is 3.15. The van der Waals surface area contributed by atoms with E-state index in [0.29, 0.717) is 5.56 Å². The summed E-state index contributed by atoms with van der Waals surface area (Å²) in [5.41, 5.74) is 4.04. The van der Waals surface area contributed by atoms with Crippen molar-refractivity contribution in [2.75, 3.05) is 12.4 Å². The molecule has 0 amide bonds. The molecule has 0 aromatic heterocycles. The molecule has 3 nitrogen and oxygen atoms in total. The van der Waals surface area contributed by atoms with Crippen LogP contribution in [-0.4, -0.2) is 12.9 Å². The number of carbonyl (C=O) groups excluding carboxylic acids is 1. The van der Waals surface area contributed by atoms with Gasteiger partial charge in [-0.25, -0.2) is 0 Å². The van der Waals surface area contributed by atoms with Gasteiger partial charge in [-0.2, -0.15) is 0 Å². The van der Waals surface area contributed by atoms with Crippen molar-refractivity contribution in [3.63, 3.8) is 0 Å². The predicted molar refractivity (Wildman–Crippen MR) is 86.0 cm³/mol.